The molecule has 2 saturated heterocycles. The zero-order chi connectivity index (χ0) is 14.7. The first-order chi connectivity index (χ1) is 10.2. The zero-order valence-electron chi connectivity index (χ0n) is 12.4. The van der Waals surface area contributed by atoms with Crippen molar-refractivity contribution in [2.75, 3.05) is 32.7 Å². The van der Waals surface area contributed by atoms with Gasteiger partial charge >= 0.3 is 0 Å². The van der Waals surface area contributed by atoms with Crippen LogP contribution >= 0.6 is 22.6 Å². The Balaban J connectivity index is 1.53. The predicted octanol–water partition coefficient (Wildman–Crippen LogP) is 3.24. The van der Waals surface area contributed by atoms with Crippen LogP contribution in [0.25, 0.3) is 0 Å². The van der Waals surface area contributed by atoms with Gasteiger partial charge in [0.05, 0.1) is 5.56 Å². The van der Waals surface area contributed by atoms with Crippen molar-refractivity contribution in [3.8, 4) is 0 Å². The number of likely N-dealkylation sites (tertiary alicyclic amines) is 2. The summed E-state index contributed by atoms with van der Waals surface area (Å²) in [6.45, 7) is 5.64. The van der Waals surface area contributed by atoms with Gasteiger partial charge in [0.2, 0.25) is 0 Å². The third-order valence-corrected chi connectivity index (χ3v) is 5.66. The molecule has 0 unspecified atom stereocenters. The van der Waals surface area contributed by atoms with Crippen LogP contribution in [-0.4, -0.2) is 48.4 Å². The number of hydrogen-bond acceptors (Lipinski definition) is 2. The molecular weight excluding hydrogens is 375 g/mol. The Morgan fingerprint density at radius 3 is 2.43 bits per heavy atom. The Bertz CT molecular complexity index is 491. The van der Waals surface area contributed by atoms with Gasteiger partial charge in [-0.1, -0.05) is 12.1 Å². The second kappa shape index (κ2) is 7.09. The number of rotatable bonds is 3. The molecule has 0 atom stereocenters. The number of halogens is 1. The quantitative estimate of drug-likeness (QED) is 0.730. The summed E-state index contributed by atoms with van der Waals surface area (Å²) >= 11 is 2.25. The Morgan fingerprint density at radius 1 is 1.10 bits per heavy atom. The van der Waals surface area contributed by atoms with E-state index in [0.717, 1.165) is 41.0 Å². The molecule has 1 amide bonds. The second-order valence-electron chi connectivity index (χ2n) is 6.22. The lowest BCUT2D eigenvalue weighted by Crippen LogP contribution is -2.41. The van der Waals surface area contributed by atoms with Crippen molar-refractivity contribution in [1.82, 2.24) is 9.80 Å². The lowest BCUT2D eigenvalue weighted by atomic mass is 9.95. The summed E-state index contributed by atoms with van der Waals surface area (Å²) in [5.41, 5.74) is 0.857. The van der Waals surface area contributed by atoms with Crippen LogP contribution < -0.4 is 0 Å². The van der Waals surface area contributed by atoms with E-state index in [2.05, 4.69) is 27.5 Å². The van der Waals surface area contributed by atoms with Gasteiger partial charge in [0, 0.05) is 23.2 Å². The highest BCUT2D eigenvalue weighted by Crippen LogP contribution is 2.23. The SMILES string of the molecule is O=C(c1ccccc1I)N1CCC(CN2CCCC2)CC1. The molecule has 2 fully saturated rings. The van der Waals surface area contributed by atoms with Crippen molar-refractivity contribution in [1.29, 1.82) is 0 Å². The number of carbonyl (C=O) groups excluding carboxylic acids is 1. The molecule has 1 aromatic rings. The van der Waals surface area contributed by atoms with E-state index < -0.39 is 0 Å². The minimum atomic E-state index is 0.208. The molecule has 2 aliphatic rings. The molecule has 0 aliphatic carbocycles. The molecule has 0 saturated carbocycles. The topological polar surface area (TPSA) is 23.6 Å². The van der Waals surface area contributed by atoms with Gasteiger partial charge in [0.1, 0.15) is 0 Å². The number of nitrogens with zero attached hydrogens (tertiary/aromatic N) is 2. The van der Waals surface area contributed by atoms with Gasteiger partial charge in [0.25, 0.3) is 5.91 Å². The van der Waals surface area contributed by atoms with E-state index in [1.54, 1.807) is 0 Å². The number of piperidine rings is 1. The van der Waals surface area contributed by atoms with Gasteiger partial charge in [-0.15, -0.1) is 0 Å². The highest BCUT2D eigenvalue weighted by molar-refractivity contribution is 14.1. The van der Waals surface area contributed by atoms with Crippen LogP contribution in [0, 0.1) is 9.49 Å². The maximum Gasteiger partial charge on any atom is 0.254 e. The van der Waals surface area contributed by atoms with Gasteiger partial charge in [-0.2, -0.15) is 0 Å². The third kappa shape index (κ3) is 3.77. The number of amides is 1. The summed E-state index contributed by atoms with van der Waals surface area (Å²) in [5, 5.41) is 0. The maximum atomic E-state index is 12.6. The average molecular weight is 398 g/mol. The van der Waals surface area contributed by atoms with Crippen LogP contribution in [0.2, 0.25) is 0 Å². The van der Waals surface area contributed by atoms with Gasteiger partial charge in [0.15, 0.2) is 0 Å². The Kier molecular flexibility index (Phi) is 5.16. The minimum Gasteiger partial charge on any atom is -0.339 e. The highest BCUT2D eigenvalue weighted by Gasteiger charge is 2.26. The van der Waals surface area contributed by atoms with E-state index in [-0.39, 0.29) is 5.91 Å². The Hall–Kier alpha value is -0.620. The molecule has 114 valence electrons. The fourth-order valence-corrected chi connectivity index (χ4v) is 4.07. The third-order valence-electron chi connectivity index (χ3n) is 4.72. The number of benzene rings is 1. The standard InChI is InChI=1S/C17H23IN2O/c18-16-6-2-1-5-15(16)17(21)20-11-7-14(8-12-20)13-19-9-3-4-10-19/h1-2,5-6,14H,3-4,7-13H2. The summed E-state index contributed by atoms with van der Waals surface area (Å²) in [4.78, 5) is 17.2. The first-order valence-corrected chi connectivity index (χ1v) is 9.08. The van der Waals surface area contributed by atoms with Crippen LogP contribution in [0.15, 0.2) is 24.3 Å². The van der Waals surface area contributed by atoms with Crippen molar-refractivity contribution in [3.05, 3.63) is 33.4 Å². The molecule has 0 radical (unpaired) electrons. The molecule has 2 aliphatic heterocycles. The van der Waals surface area contributed by atoms with E-state index >= 15 is 0 Å². The van der Waals surface area contributed by atoms with Crippen molar-refractivity contribution < 1.29 is 4.79 Å². The molecular formula is C17H23IN2O. The lowest BCUT2D eigenvalue weighted by molar-refractivity contribution is 0.0672. The zero-order valence-corrected chi connectivity index (χ0v) is 14.6. The van der Waals surface area contributed by atoms with Gasteiger partial charge < -0.3 is 9.80 Å². The van der Waals surface area contributed by atoms with Crippen molar-refractivity contribution in [3.63, 3.8) is 0 Å². The van der Waals surface area contributed by atoms with Crippen molar-refractivity contribution in [2.24, 2.45) is 5.92 Å². The molecule has 0 bridgehead atoms. The van der Waals surface area contributed by atoms with Gasteiger partial charge in [-0.25, -0.2) is 0 Å². The van der Waals surface area contributed by atoms with Crippen LogP contribution in [0.3, 0.4) is 0 Å². The molecule has 3 nitrogen and oxygen atoms in total. The largest absolute Gasteiger partial charge is 0.339 e. The fraction of sp³-hybridized carbons (Fsp3) is 0.588. The van der Waals surface area contributed by atoms with Gasteiger partial charge in [-0.05, 0) is 79.4 Å². The first kappa shape index (κ1) is 15.3. The van der Waals surface area contributed by atoms with Crippen LogP contribution in [0.5, 0.6) is 0 Å². The van der Waals surface area contributed by atoms with Crippen LogP contribution in [0.1, 0.15) is 36.0 Å². The average Bonchev–Trinajstić information content (AvgIpc) is 3.01. The second-order valence-corrected chi connectivity index (χ2v) is 7.39. The highest BCUT2D eigenvalue weighted by atomic mass is 127. The van der Waals surface area contributed by atoms with Crippen LogP contribution in [-0.2, 0) is 0 Å². The molecule has 0 spiro atoms. The molecule has 0 aromatic heterocycles. The number of hydrogen-bond donors (Lipinski definition) is 0. The summed E-state index contributed by atoms with van der Waals surface area (Å²) in [6, 6.07) is 7.89. The van der Waals surface area contributed by atoms with E-state index in [1.165, 1.54) is 32.5 Å². The number of carbonyl (C=O) groups is 1. The fourth-order valence-electron chi connectivity index (χ4n) is 3.45. The first-order valence-electron chi connectivity index (χ1n) is 8.00. The summed E-state index contributed by atoms with van der Waals surface area (Å²) in [5.74, 6) is 0.988. The maximum absolute atomic E-state index is 12.6. The molecule has 3 rings (SSSR count). The Morgan fingerprint density at radius 2 is 1.76 bits per heavy atom. The summed E-state index contributed by atoms with van der Waals surface area (Å²) in [7, 11) is 0. The van der Waals surface area contributed by atoms with E-state index in [4.69, 9.17) is 0 Å². The monoisotopic (exact) mass is 398 g/mol. The summed E-state index contributed by atoms with van der Waals surface area (Å²) < 4.78 is 1.05. The van der Waals surface area contributed by atoms with E-state index in [0.29, 0.717) is 0 Å². The minimum absolute atomic E-state index is 0.208. The summed E-state index contributed by atoms with van der Waals surface area (Å²) in [6.07, 6.45) is 5.05. The van der Waals surface area contributed by atoms with E-state index in [9.17, 15) is 4.79 Å². The normalized spacial score (nSPS) is 20.9. The molecule has 4 heteroatoms. The van der Waals surface area contributed by atoms with Crippen molar-refractivity contribution >= 4 is 28.5 Å². The molecule has 21 heavy (non-hydrogen) atoms. The molecule has 2 heterocycles. The Labute approximate surface area is 140 Å². The van der Waals surface area contributed by atoms with Gasteiger partial charge in [-0.3, -0.25) is 4.79 Å². The van der Waals surface area contributed by atoms with Crippen molar-refractivity contribution in [2.45, 2.75) is 25.7 Å². The van der Waals surface area contributed by atoms with Crippen LogP contribution in [0.4, 0.5) is 0 Å². The smallest absolute Gasteiger partial charge is 0.254 e. The molecule has 0 N–H and O–H groups in total. The molecule has 1 aromatic carbocycles. The predicted molar refractivity (Wildman–Crippen MR) is 93.5 cm³/mol. The lowest BCUT2D eigenvalue weighted by Gasteiger charge is -2.34. The van der Waals surface area contributed by atoms with E-state index in [1.807, 2.05) is 29.2 Å².